The summed E-state index contributed by atoms with van der Waals surface area (Å²) in [6.07, 6.45) is 7.67. The summed E-state index contributed by atoms with van der Waals surface area (Å²) in [6.45, 7) is 0. The van der Waals surface area contributed by atoms with Crippen molar-refractivity contribution >= 4 is 39.7 Å². The van der Waals surface area contributed by atoms with Gasteiger partial charge >= 0.3 is 0 Å². The number of Topliss-reactive ketones (excluding diaryl/α,β-unsaturated/α-hetero) is 2. The molecule has 0 unspecified atom stereocenters. The van der Waals surface area contributed by atoms with E-state index in [2.05, 4.69) is 4.57 Å². The molecule has 7 rings (SSSR count). The highest BCUT2D eigenvalue weighted by molar-refractivity contribution is 6.42. The zero-order valence-corrected chi connectivity index (χ0v) is 20.6. The molecule has 0 radical (unpaired) electrons. The summed E-state index contributed by atoms with van der Waals surface area (Å²) in [4.78, 5) is 36.9. The topological polar surface area (TPSA) is 69.8 Å². The molecule has 2 heterocycles. The van der Waals surface area contributed by atoms with E-state index >= 15 is 0 Å². The Morgan fingerprint density at radius 2 is 1.41 bits per heavy atom. The number of aromatic nitrogens is 4. The minimum absolute atomic E-state index is 0.144. The predicted octanol–water partition coefficient (Wildman–Crippen LogP) is 6.42. The van der Waals surface area contributed by atoms with Gasteiger partial charge in [-0.3, -0.25) is 14.2 Å². The lowest BCUT2D eigenvalue weighted by atomic mass is 9.89. The molecule has 6 heteroatoms. The average Bonchev–Trinajstić information content (AvgIpc) is 3.53. The molecule has 0 aliphatic heterocycles. The summed E-state index contributed by atoms with van der Waals surface area (Å²) in [6, 6.07) is 21.3. The van der Waals surface area contributed by atoms with E-state index in [1.54, 1.807) is 6.08 Å². The van der Waals surface area contributed by atoms with Crippen LogP contribution < -0.4 is 0 Å². The lowest BCUT2D eigenvalue weighted by Crippen LogP contribution is -2.11. The molecule has 3 aromatic carbocycles. The number of ketones is 2. The molecule has 0 amide bonds. The van der Waals surface area contributed by atoms with Gasteiger partial charge in [0.2, 0.25) is 0 Å². The highest BCUT2D eigenvalue weighted by Gasteiger charge is 2.34. The van der Waals surface area contributed by atoms with Crippen molar-refractivity contribution in [3.63, 3.8) is 0 Å². The van der Waals surface area contributed by atoms with Crippen LogP contribution in [0, 0.1) is 0 Å². The Balaban J connectivity index is 1.39. The maximum absolute atomic E-state index is 13.4. The second-order valence-electron chi connectivity index (χ2n) is 10.1. The molecule has 0 saturated heterocycles. The average molecular weight is 487 g/mol. The molecule has 5 aromatic rings. The van der Waals surface area contributed by atoms with Crippen molar-refractivity contribution in [2.45, 2.75) is 38.0 Å². The van der Waals surface area contributed by atoms with E-state index in [1.807, 2.05) is 78.3 Å². The first-order chi connectivity index (χ1) is 18.1. The van der Waals surface area contributed by atoms with Crippen LogP contribution in [-0.2, 0) is 7.05 Å². The van der Waals surface area contributed by atoms with Crippen molar-refractivity contribution in [3.05, 3.63) is 95.1 Å². The van der Waals surface area contributed by atoms with E-state index in [0.717, 1.165) is 46.4 Å². The molecule has 2 aliphatic rings. The van der Waals surface area contributed by atoms with Crippen LogP contribution in [0.3, 0.4) is 0 Å². The third-order valence-corrected chi connectivity index (χ3v) is 7.87. The lowest BCUT2D eigenvalue weighted by molar-refractivity contribution is 0.0990. The zero-order chi connectivity index (χ0) is 25.1. The van der Waals surface area contributed by atoms with Crippen molar-refractivity contribution < 1.29 is 9.59 Å². The van der Waals surface area contributed by atoms with Crippen LogP contribution in [0.15, 0.2) is 72.3 Å². The van der Waals surface area contributed by atoms with Crippen molar-refractivity contribution in [1.29, 1.82) is 0 Å². The first-order valence-electron chi connectivity index (χ1n) is 12.9. The van der Waals surface area contributed by atoms with Crippen molar-refractivity contribution in [1.82, 2.24) is 19.1 Å². The first-order valence-corrected chi connectivity index (χ1v) is 12.9. The molecule has 0 N–H and O–H groups in total. The maximum Gasteiger partial charge on any atom is 0.197 e. The van der Waals surface area contributed by atoms with Gasteiger partial charge in [-0.1, -0.05) is 61.7 Å². The van der Waals surface area contributed by atoms with Gasteiger partial charge in [0.05, 0.1) is 5.57 Å². The van der Waals surface area contributed by atoms with E-state index in [-0.39, 0.29) is 17.1 Å². The summed E-state index contributed by atoms with van der Waals surface area (Å²) in [5.41, 5.74) is 3.46. The van der Waals surface area contributed by atoms with Gasteiger partial charge in [0.15, 0.2) is 22.9 Å². The van der Waals surface area contributed by atoms with Crippen LogP contribution in [0.1, 0.15) is 70.4 Å². The van der Waals surface area contributed by atoms with Crippen molar-refractivity contribution in [3.8, 4) is 5.69 Å². The molecule has 182 valence electrons. The molecule has 0 bridgehead atoms. The summed E-state index contributed by atoms with van der Waals surface area (Å²) in [5.74, 6) is 1.51. The van der Waals surface area contributed by atoms with Gasteiger partial charge < -0.3 is 4.57 Å². The van der Waals surface area contributed by atoms with E-state index in [9.17, 15) is 9.59 Å². The largest absolute Gasteiger partial charge is 0.314 e. The number of benzene rings is 3. The fourth-order valence-electron chi connectivity index (χ4n) is 5.96. The van der Waals surface area contributed by atoms with Crippen molar-refractivity contribution in [2.75, 3.05) is 0 Å². The molecule has 2 aliphatic carbocycles. The van der Waals surface area contributed by atoms with Gasteiger partial charge in [-0.15, -0.1) is 0 Å². The SMILES string of the molecule is Cn1c(C2CCCCC2)nc2c1nc(C=C1C(=O)c3cc4ccccc4cc3C1=O)n2-c1ccccc1. The monoisotopic (exact) mass is 486 g/mol. The number of allylic oxidation sites excluding steroid dienone is 1. The molecular weight excluding hydrogens is 460 g/mol. The lowest BCUT2D eigenvalue weighted by Gasteiger charge is -2.20. The number of carbonyl (C=O) groups excluding carboxylic acids is 2. The van der Waals surface area contributed by atoms with E-state index in [4.69, 9.17) is 9.97 Å². The minimum atomic E-state index is -0.256. The van der Waals surface area contributed by atoms with E-state index < -0.39 is 0 Å². The fourth-order valence-corrected chi connectivity index (χ4v) is 5.96. The van der Waals surface area contributed by atoms with Crippen LogP contribution in [0.4, 0.5) is 0 Å². The van der Waals surface area contributed by atoms with Crippen LogP contribution in [0.2, 0.25) is 0 Å². The summed E-state index contributed by atoms with van der Waals surface area (Å²) in [5, 5.41) is 1.89. The van der Waals surface area contributed by atoms with E-state index in [1.165, 1.54) is 19.3 Å². The molecule has 1 saturated carbocycles. The van der Waals surface area contributed by atoms with E-state index in [0.29, 0.717) is 22.9 Å². The third-order valence-electron chi connectivity index (χ3n) is 7.87. The second-order valence-corrected chi connectivity index (χ2v) is 10.1. The molecule has 1 fully saturated rings. The molecule has 2 aromatic heterocycles. The highest BCUT2D eigenvalue weighted by Crippen LogP contribution is 2.36. The van der Waals surface area contributed by atoms with Gasteiger partial charge in [0.1, 0.15) is 11.6 Å². The Hall–Kier alpha value is -4.32. The van der Waals surface area contributed by atoms with Crippen LogP contribution in [0.5, 0.6) is 0 Å². The normalized spacial score (nSPS) is 16.2. The number of aryl methyl sites for hydroxylation is 1. The Morgan fingerprint density at radius 1 is 0.784 bits per heavy atom. The quantitative estimate of drug-likeness (QED) is 0.218. The molecule has 0 spiro atoms. The smallest absolute Gasteiger partial charge is 0.197 e. The highest BCUT2D eigenvalue weighted by atomic mass is 16.2. The Labute approximate surface area is 214 Å². The number of rotatable bonds is 3. The molecular formula is C31H26N4O2. The number of carbonyl (C=O) groups is 2. The van der Waals surface area contributed by atoms with Crippen LogP contribution >= 0.6 is 0 Å². The summed E-state index contributed by atoms with van der Waals surface area (Å²) in [7, 11) is 2.02. The maximum atomic E-state index is 13.4. The number of para-hydroxylation sites is 1. The predicted molar refractivity (Wildman–Crippen MR) is 144 cm³/mol. The van der Waals surface area contributed by atoms with Crippen LogP contribution in [0.25, 0.3) is 33.8 Å². The summed E-state index contributed by atoms with van der Waals surface area (Å²) >= 11 is 0. The molecule has 37 heavy (non-hydrogen) atoms. The minimum Gasteiger partial charge on any atom is -0.314 e. The molecule has 0 atom stereocenters. The summed E-state index contributed by atoms with van der Waals surface area (Å²) < 4.78 is 4.06. The number of hydrogen-bond donors (Lipinski definition) is 0. The Morgan fingerprint density at radius 3 is 2.05 bits per heavy atom. The van der Waals surface area contributed by atoms with Crippen molar-refractivity contribution in [2.24, 2.45) is 7.05 Å². The van der Waals surface area contributed by atoms with Gasteiger partial charge in [0.25, 0.3) is 0 Å². The Kier molecular flexibility index (Phi) is 4.96. The Bertz CT molecular complexity index is 1690. The number of hydrogen-bond acceptors (Lipinski definition) is 4. The van der Waals surface area contributed by atoms with Crippen LogP contribution in [-0.4, -0.2) is 30.7 Å². The van der Waals surface area contributed by atoms with Gasteiger partial charge in [0, 0.05) is 29.8 Å². The number of nitrogens with zero attached hydrogens (tertiary/aromatic N) is 4. The molecule has 6 nitrogen and oxygen atoms in total. The van der Waals surface area contributed by atoms with Gasteiger partial charge in [-0.25, -0.2) is 9.97 Å². The third kappa shape index (κ3) is 3.39. The van der Waals surface area contributed by atoms with Gasteiger partial charge in [-0.2, -0.15) is 0 Å². The standard InChI is InChI=1S/C31H26N4O2/c1-34-29(19-10-4-2-5-11-19)33-31-30(34)32-26(35(31)22-14-6-3-7-15-22)18-25-27(36)23-16-20-12-8-9-13-21(20)17-24(23)28(25)37/h3,6-9,12-19H,2,4-5,10-11H2,1H3. The second kappa shape index (κ2) is 8.37. The number of imidazole rings is 2. The zero-order valence-electron chi connectivity index (χ0n) is 20.6. The first kappa shape index (κ1) is 21.9. The fraction of sp³-hybridized carbons (Fsp3) is 0.226. The number of fused-ring (bicyclic) bond motifs is 3. The van der Waals surface area contributed by atoms with Gasteiger partial charge in [-0.05, 0) is 54.0 Å².